The van der Waals surface area contributed by atoms with Gasteiger partial charge in [0.2, 0.25) is 5.82 Å². The molecule has 160 valence electrons. The predicted octanol–water partition coefficient (Wildman–Crippen LogP) is 5.59. The molecule has 0 spiro atoms. The van der Waals surface area contributed by atoms with Crippen LogP contribution in [0, 0.1) is 0 Å². The van der Waals surface area contributed by atoms with Crippen molar-refractivity contribution in [3.63, 3.8) is 0 Å². The molecule has 0 aliphatic heterocycles. The van der Waals surface area contributed by atoms with E-state index in [2.05, 4.69) is 15.1 Å². The summed E-state index contributed by atoms with van der Waals surface area (Å²) in [4.78, 5) is 7.86. The first-order valence-corrected chi connectivity index (χ1v) is 8.77. The van der Waals surface area contributed by atoms with Gasteiger partial charge in [-0.25, -0.2) is 14.6 Å². The van der Waals surface area contributed by atoms with Crippen molar-refractivity contribution in [2.75, 3.05) is 7.11 Å². The smallest absolute Gasteiger partial charge is 0.435 e. The quantitative estimate of drug-likeness (QED) is 0.486. The third-order valence-corrected chi connectivity index (χ3v) is 4.36. The third kappa shape index (κ3) is 4.07. The van der Waals surface area contributed by atoms with E-state index in [9.17, 15) is 26.3 Å². The van der Waals surface area contributed by atoms with Crippen LogP contribution in [0.2, 0.25) is 5.02 Å². The van der Waals surface area contributed by atoms with Crippen molar-refractivity contribution in [2.45, 2.75) is 25.7 Å². The van der Waals surface area contributed by atoms with Crippen LogP contribution >= 0.6 is 11.6 Å². The molecule has 0 atom stereocenters. The fraction of sp³-hybridized carbons (Fsp3) is 0.278. The summed E-state index contributed by atoms with van der Waals surface area (Å²) in [6, 6.07) is 2.27. The van der Waals surface area contributed by atoms with Crippen LogP contribution in [-0.2, 0) is 18.8 Å². The lowest BCUT2D eigenvalue weighted by Gasteiger charge is -2.13. The van der Waals surface area contributed by atoms with E-state index in [1.54, 1.807) is 0 Å². The maximum Gasteiger partial charge on any atom is 0.435 e. The lowest BCUT2D eigenvalue weighted by atomic mass is 9.99. The first kappa shape index (κ1) is 21.9. The molecule has 0 amide bonds. The molecular formula is C18H13ClF6N4O. The van der Waals surface area contributed by atoms with Gasteiger partial charge in [-0.2, -0.15) is 31.4 Å². The van der Waals surface area contributed by atoms with Crippen LogP contribution < -0.4 is 4.74 Å². The van der Waals surface area contributed by atoms with Gasteiger partial charge in [0.05, 0.1) is 18.4 Å². The lowest BCUT2D eigenvalue weighted by molar-refractivity contribution is -0.140. The Kier molecular flexibility index (Phi) is 5.68. The molecule has 2 heterocycles. The summed E-state index contributed by atoms with van der Waals surface area (Å²) in [5.41, 5.74) is -3.47. The number of methoxy groups -OCH3 is 1. The Hall–Kier alpha value is -2.82. The van der Waals surface area contributed by atoms with Gasteiger partial charge < -0.3 is 4.74 Å². The molecule has 3 aromatic rings. The summed E-state index contributed by atoms with van der Waals surface area (Å²) in [6.45, 7) is 1.54. The number of alkyl halides is 6. The van der Waals surface area contributed by atoms with Crippen molar-refractivity contribution < 1.29 is 31.1 Å². The minimum absolute atomic E-state index is 0.00793. The number of nitrogens with zero attached hydrogens (tertiary/aromatic N) is 4. The number of halogens is 7. The predicted molar refractivity (Wildman–Crippen MR) is 95.5 cm³/mol. The Morgan fingerprint density at radius 3 is 2.23 bits per heavy atom. The molecule has 0 aliphatic carbocycles. The van der Waals surface area contributed by atoms with Gasteiger partial charge in [0, 0.05) is 23.0 Å². The molecule has 0 saturated heterocycles. The van der Waals surface area contributed by atoms with Gasteiger partial charge in [0.1, 0.15) is 0 Å². The molecule has 0 unspecified atom stereocenters. The SMILES string of the molecule is CCc1c(-c2cc(Cl)cc(C(F)(F)F)c2)c(C(F)(F)F)nn1-c1nccnc1OC. The molecule has 5 nitrogen and oxygen atoms in total. The van der Waals surface area contributed by atoms with Crippen LogP contribution in [-0.4, -0.2) is 26.9 Å². The molecule has 0 fully saturated rings. The van der Waals surface area contributed by atoms with Crippen molar-refractivity contribution in [1.29, 1.82) is 0 Å². The van der Waals surface area contributed by atoms with E-state index in [4.69, 9.17) is 16.3 Å². The van der Waals surface area contributed by atoms with Crippen LogP contribution in [0.25, 0.3) is 16.9 Å². The number of rotatable bonds is 4. The molecule has 0 aliphatic rings. The topological polar surface area (TPSA) is 52.8 Å². The van der Waals surface area contributed by atoms with Gasteiger partial charge in [0.15, 0.2) is 5.69 Å². The normalized spacial score (nSPS) is 12.3. The molecular weight excluding hydrogens is 438 g/mol. The fourth-order valence-electron chi connectivity index (χ4n) is 2.96. The summed E-state index contributed by atoms with van der Waals surface area (Å²) in [5.74, 6) is -0.233. The van der Waals surface area contributed by atoms with E-state index in [0.29, 0.717) is 12.1 Å². The van der Waals surface area contributed by atoms with E-state index < -0.39 is 29.2 Å². The average Bonchev–Trinajstić information content (AvgIpc) is 3.06. The molecule has 0 bridgehead atoms. The molecule has 2 aromatic heterocycles. The van der Waals surface area contributed by atoms with Crippen LogP contribution in [0.4, 0.5) is 26.3 Å². The van der Waals surface area contributed by atoms with Crippen molar-refractivity contribution >= 4 is 11.6 Å². The summed E-state index contributed by atoms with van der Waals surface area (Å²) >= 11 is 5.79. The maximum atomic E-state index is 13.8. The number of aromatic nitrogens is 4. The Balaban J connectivity index is 2.38. The Labute approximate surface area is 171 Å². The Morgan fingerprint density at radius 2 is 1.67 bits per heavy atom. The van der Waals surface area contributed by atoms with Crippen LogP contribution in [0.15, 0.2) is 30.6 Å². The highest BCUT2D eigenvalue weighted by Crippen LogP contribution is 2.42. The summed E-state index contributed by atoms with van der Waals surface area (Å²) in [5, 5.41) is 3.25. The van der Waals surface area contributed by atoms with Crippen LogP contribution in [0.1, 0.15) is 23.9 Å². The van der Waals surface area contributed by atoms with E-state index >= 15 is 0 Å². The summed E-state index contributed by atoms with van der Waals surface area (Å²) in [7, 11) is 1.25. The highest BCUT2D eigenvalue weighted by Gasteiger charge is 2.41. The Bertz CT molecular complexity index is 1080. The van der Waals surface area contributed by atoms with Gasteiger partial charge in [-0.1, -0.05) is 18.5 Å². The van der Waals surface area contributed by atoms with E-state index in [-0.39, 0.29) is 34.4 Å². The van der Waals surface area contributed by atoms with Crippen molar-refractivity contribution in [3.8, 4) is 22.8 Å². The zero-order chi connectivity index (χ0) is 22.3. The highest BCUT2D eigenvalue weighted by molar-refractivity contribution is 6.31. The second kappa shape index (κ2) is 7.78. The molecule has 0 radical (unpaired) electrons. The van der Waals surface area contributed by atoms with E-state index in [1.807, 2.05) is 0 Å². The highest BCUT2D eigenvalue weighted by atomic mass is 35.5. The Morgan fingerprint density at radius 1 is 1.00 bits per heavy atom. The van der Waals surface area contributed by atoms with Crippen LogP contribution in [0.3, 0.4) is 0 Å². The number of benzene rings is 1. The van der Waals surface area contributed by atoms with E-state index in [1.165, 1.54) is 26.4 Å². The van der Waals surface area contributed by atoms with Crippen LogP contribution in [0.5, 0.6) is 5.88 Å². The molecule has 1 aromatic carbocycles. The minimum Gasteiger partial charge on any atom is -0.478 e. The summed E-state index contributed by atoms with van der Waals surface area (Å²) in [6.07, 6.45) is -7.26. The van der Waals surface area contributed by atoms with Gasteiger partial charge in [-0.05, 0) is 30.2 Å². The molecule has 3 rings (SSSR count). The van der Waals surface area contributed by atoms with E-state index in [0.717, 1.165) is 10.7 Å². The molecule has 0 N–H and O–H groups in total. The largest absolute Gasteiger partial charge is 0.478 e. The minimum atomic E-state index is -4.96. The monoisotopic (exact) mass is 450 g/mol. The number of hydrogen-bond donors (Lipinski definition) is 0. The molecule has 30 heavy (non-hydrogen) atoms. The second-order valence-corrected chi connectivity index (χ2v) is 6.49. The van der Waals surface area contributed by atoms with Gasteiger partial charge in [-0.15, -0.1) is 0 Å². The maximum absolute atomic E-state index is 13.8. The van der Waals surface area contributed by atoms with Crippen molar-refractivity contribution in [3.05, 3.63) is 52.6 Å². The first-order valence-electron chi connectivity index (χ1n) is 8.40. The number of ether oxygens (including phenoxy) is 1. The zero-order valence-corrected chi connectivity index (χ0v) is 16.2. The zero-order valence-electron chi connectivity index (χ0n) is 15.4. The molecule has 12 heteroatoms. The lowest BCUT2D eigenvalue weighted by Crippen LogP contribution is -2.10. The number of hydrogen-bond acceptors (Lipinski definition) is 4. The van der Waals surface area contributed by atoms with Gasteiger partial charge >= 0.3 is 12.4 Å². The van der Waals surface area contributed by atoms with Crippen molar-refractivity contribution in [2.24, 2.45) is 0 Å². The first-order chi connectivity index (χ1) is 14.0. The standard InChI is InChI=1S/C18H13ClF6N4O/c1-3-12-13(9-6-10(17(20,21)22)8-11(19)7-9)14(18(23,24)25)28-29(12)15-16(30-2)27-5-4-26-15/h4-8H,3H2,1-2H3. The fourth-order valence-corrected chi connectivity index (χ4v) is 3.20. The third-order valence-electron chi connectivity index (χ3n) is 4.14. The average molecular weight is 451 g/mol. The molecule has 0 saturated carbocycles. The second-order valence-electron chi connectivity index (χ2n) is 6.05. The van der Waals surface area contributed by atoms with Gasteiger partial charge in [0.25, 0.3) is 5.88 Å². The van der Waals surface area contributed by atoms with Crippen molar-refractivity contribution in [1.82, 2.24) is 19.7 Å². The van der Waals surface area contributed by atoms with Gasteiger partial charge in [-0.3, -0.25) is 0 Å². The summed E-state index contributed by atoms with van der Waals surface area (Å²) < 4.78 is 86.9.